The molecule has 2 atom stereocenters. The average Bonchev–Trinajstić information content (AvgIpc) is 3.32. The van der Waals surface area contributed by atoms with Gasteiger partial charge in [-0.1, -0.05) is 387 Å². The third-order valence-corrected chi connectivity index (χ3v) is 18.9. The Kier molecular flexibility index (Phi) is 77.3. The number of phosphoric acid groups is 1. The van der Waals surface area contributed by atoms with Crippen molar-refractivity contribution < 1.29 is 37.6 Å². The van der Waals surface area contributed by atoms with Gasteiger partial charge in [0, 0.05) is 19.4 Å². The lowest BCUT2D eigenvalue weighted by molar-refractivity contribution is -0.161. The van der Waals surface area contributed by atoms with E-state index < -0.39 is 26.5 Å². The van der Waals surface area contributed by atoms with Crippen LogP contribution in [-0.2, 0) is 32.7 Å². The maximum atomic E-state index is 12.8. The summed E-state index contributed by atoms with van der Waals surface area (Å²) in [6.07, 6.45) is 110. The van der Waals surface area contributed by atoms with E-state index in [1.54, 1.807) is 0 Å². The van der Waals surface area contributed by atoms with Gasteiger partial charge >= 0.3 is 19.8 Å². The molecular weight excluding hydrogens is 1190 g/mol. The van der Waals surface area contributed by atoms with Gasteiger partial charge in [-0.2, -0.15) is 0 Å². The lowest BCUT2D eigenvalue weighted by Gasteiger charge is -2.19. The van der Waals surface area contributed by atoms with E-state index in [0.29, 0.717) is 6.42 Å². The van der Waals surface area contributed by atoms with Crippen LogP contribution in [-0.4, -0.2) is 49.3 Å². The molecule has 0 aromatic rings. The van der Waals surface area contributed by atoms with Crippen LogP contribution in [0.15, 0.2) is 97.2 Å². The number of nitrogens with two attached hydrogens (primary N) is 1. The van der Waals surface area contributed by atoms with Crippen LogP contribution < -0.4 is 5.73 Å². The van der Waals surface area contributed by atoms with Crippen molar-refractivity contribution in [2.24, 2.45) is 5.73 Å². The summed E-state index contributed by atoms with van der Waals surface area (Å²) in [4.78, 5) is 35.5. The number of esters is 2. The Hall–Kier alpha value is -3.07. The number of ether oxygens (including phenoxy) is 2. The summed E-state index contributed by atoms with van der Waals surface area (Å²) < 4.78 is 33.3. The highest BCUT2D eigenvalue weighted by molar-refractivity contribution is 7.47. The molecule has 0 aromatic carbocycles. The molecule has 0 rings (SSSR count). The Balaban J connectivity index is 3.79. The normalized spacial score (nSPS) is 13.3. The number of carbonyl (C=O) groups is 2. The second kappa shape index (κ2) is 79.9. The Morgan fingerprint density at radius 2 is 0.579 bits per heavy atom. The topological polar surface area (TPSA) is 134 Å². The molecule has 0 aliphatic carbocycles. The first-order valence-electron chi connectivity index (χ1n) is 40.7. The second-order valence-electron chi connectivity index (χ2n) is 27.3. The van der Waals surface area contributed by atoms with Gasteiger partial charge in [-0.3, -0.25) is 18.6 Å². The first kappa shape index (κ1) is 91.9. The lowest BCUT2D eigenvalue weighted by atomic mass is 10.0. The van der Waals surface area contributed by atoms with Gasteiger partial charge in [-0.05, 0) is 96.3 Å². The molecule has 9 nitrogen and oxygen atoms in total. The standard InChI is InChI=1S/C85H154NO8P/c1-3-5-7-9-11-13-15-17-19-21-23-25-27-29-31-33-35-37-39-40-41-42-44-45-47-49-51-53-55-57-59-61-63-65-67-69-71-73-75-77-84(87)91-81-83(82-93-95(89,90)92-80-79-86)94-85(88)78-76-74-72-70-68-66-64-62-60-58-56-54-52-50-48-46-43-38-36-34-32-30-28-26-24-22-20-18-16-14-12-10-8-6-4-2/h6,8,12,14,18,20-21,23-24,26,30,32,36,38,46,48,83H,3-5,7,9-11,13,15-17,19,22,25,27-29,31,33-35,37,39-45,47,49-82,86H2,1-2H3,(H,89,90)/b8-6-,14-12-,20-18-,23-21-,26-24-,32-30-,38-36-,48-46-. The fourth-order valence-corrected chi connectivity index (χ4v) is 12.7. The quantitative estimate of drug-likeness (QED) is 0.0264. The number of carbonyl (C=O) groups excluding carboxylic acids is 2. The van der Waals surface area contributed by atoms with Crippen molar-refractivity contribution in [3.63, 3.8) is 0 Å². The minimum absolute atomic E-state index is 0.0520. The minimum Gasteiger partial charge on any atom is -0.462 e. The van der Waals surface area contributed by atoms with E-state index >= 15 is 0 Å². The molecule has 0 bridgehead atoms. The van der Waals surface area contributed by atoms with Crippen molar-refractivity contribution in [1.82, 2.24) is 0 Å². The van der Waals surface area contributed by atoms with Crippen LogP contribution in [0, 0.1) is 0 Å². The average molecular weight is 1350 g/mol. The maximum Gasteiger partial charge on any atom is 0.472 e. The van der Waals surface area contributed by atoms with Gasteiger partial charge in [0.1, 0.15) is 6.61 Å². The smallest absolute Gasteiger partial charge is 0.462 e. The molecule has 0 amide bonds. The summed E-state index contributed by atoms with van der Waals surface area (Å²) in [6.45, 7) is 3.68. The molecule has 95 heavy (non-hydrogen) atoms. The van der Waals surface area contributed by atoms with E-state index in [-0.39, 0.29) is 38.6 Å². The van der Waals surface area contributed by atoms with Gasteiger partial charge in [0.2, 0.25) is 0 Å². The Bertz CT molecular complexity index is 1890. The first-order valence-corrected chi connectivity index (χ1v) is 42.2. The zero-order valence-corrected chi connectivity index (χ0v) is 63.3. The predicted octanol–water partition coefficient (Wildman–Crippen LogP) is 27.4. The van der Waals surface area contributed by atoms with Gasteiger partial charge in [0.15, 0.2) is 6.10 Å². The summed E-state index contributed by atoms with van der Waals surface area (Å²) in [5.41, 5.74) is 5.42. The molecule has 3 N–H and O–H groups in total. The molecule has 0 saturated carbocycles. The van der Waals surface area contributed by atoms with Crippen molar-refractivity contribution in [1.29, 1.82) is 0 Å². The monoisotopic (exact) mass is 1350 g/mol. The number of allylic oxidation sites excluding steroid dienone is 16. The van der Waals surface area contributed by atoms with Crippen LogP contribution in [0.25, 0.3) is 0 Å². The summed E-state index contributed by atoms with van der Waals surface area (Å²) >= 11 is 0. The first-order chi connectivity index (χ1) is 46.8. The largest absolute Gasteiger partial charge is 0.472 e. The molecular formula is C85H154NO8P. The second-order valence-corrected chi connectivity index (χ2v) is 28.7. The highest BCUT2D eigenvalue weighted by Gasteiger charge is 2.26. The lowest BCUT2D eigenvalue weighted by Crippen LogP contribution is -2.29. The van der Waals surface area contributed by atoms with Crippen molar-refractivity contribution in [3.05, 3.63) is 97.2 Å². The molecule has 0 spiro atoms. The zero-order valence-electron chi connectivity index (χ0n) is 62.4. The molecule has 0 heterocycles. The molecule has 10 heteroatoms. The summed E-state index contributed by atoms with van der Waals surface area (Å²) in [6, 6.07) is 0. The maximum absolute atomic E-state index is 12.8. The summed E-state index contributed by atoms with van der Waals surface area (Å²) in [5.74, 6) is -0.814. The van der Waals surface area contributed by atoms with E-state index in [1.165, 1.54) is 283 Å². The number of rotatable bonds is 77. The van der Waals surface area contributed by atoms with Crippen LogP contribution in [0.2, 0.25) is 0 Å². The van der Waals surface area contributed by atoms with Crippen molar-refractivity contribution >= 4 is 19.8 Å². The van der Waals surface area contributed by atoms with Crippen molar-refractivity contribution in [2.75, 3.05) is 26.4 Å². The summed E-state index contributed by atoms with van der Waals surface area (Å²) in [5, 5.41) is 0. The highest BCUT2D eigenvalue weighted by Crippen LogP contribution is 2.43. The van der Waals surface area contributed by atoms with E-state index in [4.69, 9.17) is 24.3 Å². The molecule has 0 radical (unpaired) electrons. The fourth-order valence-electron chi connectivity index (χ4n) is 12.0. The van der Waals surface area contributed by atoms with Crippen LogP contribution in [0.4, 0.5) is 0 Å². The van der Waals surface area contributed by atoms with Crippen LogP contribution >= 0.6 is 7.82 Å². The van der Waals surface area contributed by atoms with E-state index in [1.807, 2.05) is 0 Å². The van der Waals surface area contributed by atoms with Crippen LogP contribution in [0.3, 0.4) is 0 Å². The third-order valence-electron chi connectivity index (χ3n) is 18.0. The molecule has 0 fully saturated rings. The SMILES string of the molecule is CC/C=C\C/C=C\C/C=C\C/C=C\C/C=C\C/C=C\C/C=C\CCCCCCCCCCCCCCCC(=O)OC(COC(=O)CCCCCCCCCCCCCCCCCCCCCCCCCCCCC/C=C\CCCCCCCCCC)COP(=O)(O)OCCN. The van der Waals surface area contributed by atoms with Crippen LogP contribution in [0.5, 0.6) is 0 Å². The number of phosphoric ester groups is 1. The Labute approximate surface area is 588 Å². The zero-order chi connectivity index (χ0) is 68.6. The predicted molar refractivity (Wildman–Crippen MR) is 413 cm³/mol. The van der Waals surface area contributed by atoms with Gasteiger partial charge < -0.3 is 20.1 Å². The molecule has 2 unspecified atom stereocenters. The van der Waals surface area contributed by atoms with Gasteiger partial charge in [-0.15, -0.1) is 0 Å². The number of hydrogen-bond acceptors (Lipinski definition) is 8. The van der Waals surface area contributed by atoms with E-state index in [9.17, 15) is 19.0 Å². The van der Waals surface area contributed by atoms with E-state index in [0.717, 1.165) is 83.5 Å². The summed E-state index contributed by atoms with van der Waals surface area (Å²) in [7, 11) is -4.40. The Morgan fingerprint density at radius 1 is 0.326 bits per heavy atom. The minimum atomic E-state index is -4.40. The third kappa shape index (κ3) is 79.8. The van der Waals surface area contributed by atoms with E-state index in [2.05, 4.69) is 111 Å². The van der Waals surface area contributed by atoms with Gasteiger partial charge in [0.25, 0.3) is 0 Å². The molecule has 552 valence electrons. The Morgan fingerprint density at radius 3 is 0.874 bits per heavy atom. The molecule has 0 aliphatic rings. The number of hydrogen-bond donors (Lipinski definition) is 2. The van der Waals surface area contributed by atoms with Crippen molar-refractivity contribution in [3.8, 4) is 0 Å². The number of unbranched alkanes of at least 4 members (excludes halogenated alkanes) is 48. The fraction of sp³-hybridized carbons (Fsp3) is 0.788. The van der Waals surface area contributed by atoms with Crippen molar-refractivity contribution in [2.45, 2.75) is 405 Å². The van der Waals surface area contributed by atoms with Gasteiger partial charge in [0.05, 0.1) is 13.2 Å². The highest BCUT2D eigenvalue weighted by atomic mass is 31.2. The van der Waals surface area contributed by atoms with Crippen LogP contribution in [0.1, 0.15) is 399 Å². The molecule has 0 saturated heterocycles. The molecule has 0 aromatic heterocycles. The molecule has 0 aliphatic heterocycles. The van der Waals surface area contributed by atoms with Gasteiger partial charge in [-0.25, -0.2) is 4.57 Å².